The highest BCUT2D eigenvalue weighted by Crippen LogP contribution is 2.17. The summed E-state index contributed by atoms with van der Waals surface area (Å²) in [4.78, 5) is 25.6. The van der Waals surface area contributed by atoms with Gasteiger partial charge >= 0.3 is 0 Å². The van der Waals surface area contributed by atoms with Crippen molar-refractivity contribution in [3.63, 3.8) is 0 Å². The first-order chi connectivity index (χ1) is 13.4. The van der Waals surface area contributed by atoms with Gasteiger partial charge in [0.25, 0.3) is 0 Å². The van der Waals surface area contributed by atoms with E-state index >= 15 is 0 Å². The minimum absolute atomic E-state index is 0.0113. The lowest BCUT2D eigenvalue weighted by Crippen LogP contribution is -2.15. The molecule has 0 radical (unpaired) electrons. The zero-order valence-corrected chi connectivity index (χ0v) is 17.2. The molecule has 2 aromatic carbocycles. The Balaban J connectivity index is 1.62. The van der Waals surface area contributed by atoms with Gasteiger partial charge in [-0.1, -0.05) is 29.8 Å². The molecule has 0 aliphatic heterocycles. The van der Waals surface area contributed by atoms with Crippen LogP contribution in [0.5, 0.6) is 0 Å². The number of hydrogen-bond donors (Lipinski definition) is 1. The number of carbonyl (C=O) groups excluding carboxylic acids is 2. The van der Waals surface area contributed by atoms with Crippen molar-refractivity contribution in [1.29, 1.82) is 0 Å². The van der Waals surface area contributed by atoms with Crippen molar-refractivity contribution >= 4 is 33.3 Å². The second kappa shape index (κ2) is 8.88. The Morgan fingerprint density at radius 2 is 1.75 bits per heavy atom. The molecule has 1 amide bonds. The molecule has 0 aliphatic rings. The lowest BCUT2D eigenvalue weighted by Gasteiger charge is -2.07. The number of nitrogens with zero attached hydrogens (tertiary/aromatic N) is 4. The summed E-state index contributed by atoms with van der Waals surface area (Å²) in [5, 5.41) is 15.0. The highest BCUT2D eigenvalue weighted by atomic mass is 79.9. The molecule has 3 aromatic rings. The van der Waals surface area contributed by atoms with Crippen LogP contribution in [0.2, 0.25) is 0 Å². The summed E-state index contributed by atoms with van der Waals surface area (Å²) < 4.78 is 0.961. The normalized spacial score (nSPS) is 10.9. The van der Waals surface area contributed by atoms with Gasteiger partial charge in [0, 0.05) is 27.7 Å². The fourth-order valence-electron chi connectivity index (χ4n) is 2.57. The summed E-state index contributed by atoms with van der Waals surface area (Å²) in [5.74, 6) is 0.572. The average Bonchev–Trinajstić information content (AvgIpc) is 3.10. The second-order valence-corrected chi connectivity index (χ2v) is 7.71. The SMILES string of the molecule is CC(C)CC(=O)Nc1ccc(C(=O)Cn2nnc(-c3ccc(Br)cc3)n2)cc1. The van der Waals surface area contributed by atoms with E-state index in [0.717, 1.165) is 10.0 Å². The minimum atomic E-state index is -0.139. The number of hydrogen-bond acceptors (Lipinski definition) is 5. The van der Waals surface area contributed by atoms with Gasteiger partial charge in [0.15, 0.2) is 5.78 Å². The van der Waals surface area contributed by atoms with Crippen LogP contribution in [0.1, 0.15) is 30.6 Å². The first-order valence-electron chi connectivity index (χ1n) is 8.87. The van der Waals surface area contributed by atoms with Gasteiger partial charge in [0.2, 0.25) is 11.7 Å². The van der Waals surface area contributed by atoms with E-state index in [9.17, 15) is 9.59 Å². The van der Waals surface area contributed by atoms with Crippen LogP contribution >= 0.6 is 15.9 Å². The molecule has 0 bridgehead atoms. The molecule has 0 spiro atoms. The summed E-state index contributed by atoms with van der Waals surface area (Å²) in [6.07, 6.45) is 0.458. The molecule has 0 aliphatic carbocycles. The third kappa shape index (κ3) is 5.32. The first-order valence-corrected chi connectivity index (χ1v) is 9.67. The van der Waals surface area contributed by atoms with Gasteiger partial charge in [-0.3, -0.25) is 9.59 Å². The summed E-state index contributed by atoms with van der Waals surface area (Å²) in [6.45, 7) is 3.96. The van der Waals surface area contributed by atoms with Gasteiger partial charge < -0.3 is 5.32 Å². The number of anilines is 1. The first kappa shape index (κ1) is 19.9. The van der Waals surface area contributed by atoms with E-state index in [-0.39, 0.29) is 18.2 Å². The van der Waals surface area contributed by atoms with E-state index in [1.54, 1.807) is 24.3 Å². The molecule has 7 nitrogen and oxygen atoms in total. The molecule has 1 N–H and O–H groups in total. The fourth-order valence-corrected chi connectivity index (χ4v) is 2.83. The maximum Gasteiger partial charge on any atom is 0.224 e. The topological polar surface area (TPSA) is 89.8 Å². The number of carbonyl (C=O) groups is 2. The highest BCUT2D eigenvalue weighted by Gasteiger charge is 2.12. The van der Waals surface area contributed by atoms with E-state index in [4.69, 9.17) is 0 Å². The lowest BCUT2D eigenvalue weighted by molar-refractivity contribution is -0.116. The van der Waals surface area contributed by atoms with Gasteiger partial charge in [-0.2, -0.15) is 4.80 Å². The van der Waals surface area contributed by atoms with E-state index in [1.165, 1.54) is 4.80 Å². The molecule has 0 fully saturated rings. The number of aromatic nitrogens is 4. The standard InChI is InChI=1S/C20H20BrN5O2/c1-13(2)11-19(28)22-17-9-5-14(6-10-17)18(27)12-26-24-20(23-25-26)15-3-7-16(21)8-4-15/h3-10,13H,11-12H2,1-2H3,(H,22,28). The quantitative estimate of drug-likeness (QED) is 0.560. The predicted octanol–water partition coefficient (Wildman–Crippen LogP) is 3.97. The number of tetrazole rings is 1. The van der Waals surface area contributed by atoms with Gasteiger partial charge in [0.05, 0.1) is 0 Å². The Bertz CT molecular complexity index is 965. The van der Waals surface area contributed by atoms with Crippen molar-refractivity contribution in [2.75, 3.05) is 5.32 Å². The molecule has 3 rings (SSSR count). The van der Waals surface area contributed by atoms with Crippen LogP contribution in [0.3, 0.4) is 0 Å². The number of amides is 1. The lowest BCUT2D eigenvalue weighted by atomic mass is 10.1. The number of nitrogens with one attached hydrogen (secondary N) is 1. The number of rotatable bonds is 7. The molecule has 1 heterocycles. The summed E-state index contributed by atoms with van der Waals surface area (Å²) in [6, 6.07) is 14.3. The third-order valence-corrected chi connectivity index (χ3v) is 4.45. The number of halogens is 1. The largest absolute Gasteiger partial charge is 0.326 e. The van der Waals surface area contributed by atoms with Crippen LogP contribution in [0.15, 0.2) is 53.0 Å². The van der Waals surface area contributed by atoms with E-state index < -0.39 is 0 Å². The number of benzene rings is 2. The molecule has 28 heavy (non-hydrogen) atoms. The Hall–Kier alpha value is -2.87. The van der Waals surface area contributed by atoms with Gasteiger partial charge in [0.1, 0.15) is 6.54 Å². The molecule has 0 unspecified atom stereocenters. The van der Waals surface area contributed by atoms with Crippen LogP contribution in [-0.2, 0) is 11.3 Å². The predicted molar refractivity (Wildman–Crippen MR) is 110 cm³/mol. The van der Waals surface area contributed by atoms with Crippen LogP contribution in [0.25, 0.3) is 11.4 Å². The zero-order valence-electron chi connectivity index (χ0n) is 15.6. The number of ketones is 1. The highest BCUT2D eigenvalue weighted by molar-refractivity contribution is 9.10. The fraction of sp³-hybridized carbons (Fsp3) is 0.250. The van der Waals surface area contributed by atoms with Crippen molar-refractivity contribution in [3.8, 4) is 11.4 Å². The van der Waals surface area contributed by atoms with E-state index in [2.05, 4.69) is 36.7 Å². The zero-order chi connectivity index (χ0) is 20.1. The van der Waals surface area contributed by atoms with Gasteiger partial charge in [-0.15, -0.1) is 10.2 Å². The monoisotopic (exact) mass is 441 g/mol. The Morgan fingerprint density at radius 3 is 2.39 bits per heavy atom. The van der Waals surface area contributed by atoms with Crippen LogP contribution in [0.4, 0.5) is 5.69 Å². The van der Waals surface area contributed by atoms with Crippen molar-refractivity contribution < 1.29 is 9.59 Å². The molecule has 0 saturated carbocycles. The average molecular weight is 442 g/mol. The van der Waals surface area contributed by atoms with Crippen molar-refractivity contribution in [2.45, 2.75) is 26.8 Å². The summed E-state index contributed by atoms with van der Waals surface area (Å²) in [5.41, 5.74) is 2.01. The van der Waals surface area contributed by atoms with Crippen molar-refractivity contribution in [2.24, 2.45) is 5.92 Å². The van der Waals surface area contributed by atoms with Crippen molar-refractivity contribution in [1.82, 2.24) is 20.2 Å². The van der Waals surface area contributed by atoms with Crippen molar-refractivity contribution in [3.05, 3.63) is 58.6 Å². The molecule has 1 aromatic heterocycles. The molecular weight excluding hydrogens is 422 g/mol. The maximum atomic E-state index is 12.5. The van der Waals surface area contributed by atoms with Crippen LogP contribution in [-0.4, -0.2) is 31.9 Å². The van der Waals surface area contributed by atoms with E-state index in [1.807, 2.05) is 38.1 Å². The maximum absolute atomic E-state index is 12.5. The smallest absolute Gasteiger partial charge is 0.224 e. The Kier molecular flexibility index (Phi) is 6.30. The molecule has 8 heteroatoms. The molecular formula is C20H20BrN5O2. The summed E-state index contributed by atoms with van der Waals surface area (Å²) >= 11 is 3.38. The molecule has 0 atom stereocenters. The molecule has 0 saturated heterocycles. The third-order valence-electron chi connectivity index (χ3n) is 3.92. The summed E-state index contributed by atoms with van der Waals surface area (Å²) in [7, 11) is 0. The van der Waals surface area contributed by atoms with Gasteiger partial charge in [-0.05, 0) is 59.7 Å². The Morgan fingerprint density at radius 1 is 1.07 bits per heavy atom. The molecule has 144 valence electrons. The Labute approximate surface area is 171 Å². The van der Waals surface area contributed by atoms with Gasteiger partial charge in [-0.25, -0.2) is 0 Å². The second-order valence-electron chi connectivity index (χ2n) is 6.80. The number of Topliss-reactive ketones (excluding diaryl/α,β-unsaturated/α-hetero) is 1. The van der Waals surface area contributed by atoms with E-state index in [0.29, 0.717) is 29.4 Å². The van der Waals surface area contributed by atoms with Crippen LogP contribution in [0, 0.1) is 5.92 Å². The minimum Gasteiger partial charge on any atom is -0.326 e. The van der Waals surface area contributed by atoms with Crippen LogP contribution < -0.4 is 5.32 Å².